The summed E-state index contributed by atoms with van der Waals surface area (Å²) >= 11 is 0. The number of anilines is 1. The molecule has 8 heteroatoms. The molecule has 4 nitrogen and oxygen atoms in total. The van der Waals surface area contributed by atoms with Gasteiger partial charge in [0.2, 0.25) is 0 Å². The molecular formula is C17H22F4N2O2. The molecule has 0 radical (unpaired) electrons. The minimum Gasteiger partial charge on any atom is -0.444 e. The van der Waals surface area contributed by atoms with Crippen LogP contribution >= 0.6 is 0 Å². The summed E-state index contributed by atoms with van der Waals surface area (Å²) in [6.45, 7) is 7.71. The highest BCUT2D eigenvalue weighted by atomic mass is 19.4. The van der Waals surface area contributed by atoms with Crippen molar-refractivity contribution in [3.8, 4) is 0 Å². The normalized spacial score (nSPS) is 15.8. The van der Waals surface area contributed by atoms with E-state index >= 15 is 0 Å². The SMILES string of the molecule is C[C@@H](CN1CCc2cc(F)c(C(F)(F)F)cc21)NC(=O)OC(C)(C)C. The Labute approximate surface area is 144 Å². The Morgan fingerprint density at radius 2 is 1.96 bits per heavy atom. The third-order valence-corrected chi connectivity index (χ3v) is 3.72. The molecule has 1 aromatic rings. The first kappa shape index (κ1) is 19.3. The highest BCUT2D eigenvalue weighted by molar-refractivity contribution is 5.68. The number of ether oxygens (including phenoxy) is 1. The first-order chi connectivity index (χ1) is 11.4. The number of rotatable bonds is 3. The van der Waals surface area contributed by atoms with Gasteiger partial charge in [-0.25, -0.2) is 9.18 Å². The van der Waals surface area contributed by atoms with Crippen molar-refractivity contribution in [1.29, 1.82) is 0 Å². The fraction of sp³-hybridized carbons (Fsp3) is 0.588. The molecule has 0 saturated heterocycles. The van der Waals surface area contributed by atoms with Crippen LogP contribution < -0.4 is 10.2 Å². The van der Waals surface area contributed by atoms with Crippen molar-refractivity contribution in [3.63, 3.8) is 0 Å². The van der Waals surface area contributed by atoms with Crippen molar-refractivity contribution in [2.24, 2.45) is 0 Å². The summed E-state index contributed by atoms with van der Waals surface area (Å²) in [4.78, 5) is 13.5. The molecule has 1 aliphatic heterocycles. The van der Waals surface area contributed by atoms with Gasteiger partial charge in [0.05, 0.1) is 5.56 Å². The van der Waals surface area contributed by atoms with Gasteiger partial charge in [-0.15, -0.1) is 0 Å². The second kappa shape index (κ2) is 6.72. The minimum atomic E-state index is -4.74. The van der Waals surface area contributed by atoms with Gasteiger partial charge in [-0.05, 0) is 51.8 Å². The largest absolute Gasteiger partial charge is 0.444 e. The summed E-state index contributed by atoms with van der Waals surface area (Å²) in [5.41, 5.74) is -1.02. The van der Waals surface area contributed by atoms with E-state index in [4.69, 9.17) is 4.74 Å². The molecule has 0 aromatic heterocycles. The van der Waals surface area contributed by atoms with Crippen molar-refractivity contribution in [1.82, 2.24) is 5.32 Å². The van der Waals surface area contributed by atoms with Gasteiger partial charge >= 0.3 is 12.3 Å². The van der Waals surface area contributed by atoms with Gasteiger partial charge in [0.15, 0.2) is 0 Å². The van der Waals surface area contributed by atoms with Crippen LogP contribution in [0.25, 0.3) is 0 Å². The number of alkyl carbamates (subject to hydrolysis) is 1. The maximum absolute atomic E-state index is 13.6. The maximum atomic E-state index is 13.6. The van der Waals surface area contributed by atoms with E-state index in [1.54, 1.807) is 32.6 Å². The molecule has 1 aromatic carbocycles. The maximum Gasteiger partial charge on any atom is 0.419 e. The number of nitrogens with one attached hydrogen (secondary N) is 1. The van der Waals surface area contributed by atoms with E-state index in [2.05, 4.69) is 5.32 Å². The van der Waals surface area contributed by atoms with Gasteiger partial charge < -0.3 is 15.0 Å². The number of halogens is 4. The number of fused-ring (bicyclic) bond motifs is 1. The minimum absolute atomic E-state index is 0.301. The summed E-state index contributed by atoms with van der Waals surface area (Å²) < 4.78 is 57.5. The van der Waals surface area contributed by atoms with E-state index in [-0.39, 0.29) is 6.04 Å². The smallest absolute Gasteiger partial charge is 0.419 e. The monoisotopic (exact) mass is 362 g/mol. The van der Waals surface area contributed by atoms with Crippen LogP contribution in [0.2, 0.25) is 0 Å². The zero-order valence-corrected chi connectivity index (χ0v) is 14.6. The number of hydrogen-bond donors (Lipinski definition) is 1. The molecule has 1 atom stereocenters. The molecule has 140 valence electrons. The Hall–Kier alpha value is -1.99. The Balaban J connectivity index is 2.08. The van der Waals surface area contributed by atoms with Crippen molar-refractivity contribution in [2.75, 3.05) is 18.0 Å². The number of benzene rings is 1. The Morgan fingerprint density at radius 1 is 1.32 bits per heavy atom. The number of amides is 1. The van der Waals surface area contributed by atoms with Crippen LogP contribution in [0, 0.1) is 5.82 Å². The molecule has 0 unspecified atom stereocenters. The van der Waals surface area contributed by atoms with Crippen LogP contribution in [-0.4, -0.2) is 30.8 Å². The highest BCUT2D eigenvalue weighted by Crippen LogP contribution is 2.38. The van der Waals surface area contributed by atoms with E-state index in [1.807, 2.05) is 0 Å². The standard InChI is InChI=1S/C17H22F4N2O2/c1-10(22-15(24)25-16(2,3)4)9-23-6-5-11-7-13(18)12(8-14(11)23)17(19,20)21/h7-8,10H,5-6,9H2,1-4H3,(H,22,24)/t10-/m0/s1. The van der Waals surface area contributed by atoms with Crippen LogP contribution in [0.3, 0.4) is 0 Å². The lowest BCUT2D eigenvalue weighted by molar-refractivity contribution is -0.139. The Kier molecular flexibility index (Phi) is 5.20. The number of carbonyl (C=O) groups excluding carboxylic acids is 1. The predicted octanol–water partition coefficient (Wildman–Crippen LogP) is 4.12. The zero-order valence-electron chi connectivity index (χ0n) is 14.6. The van der Waals surface area contributed by atoms with Gasteiger partial charge in [0.1, 0.15) is 11.4 Å². The molecule has 1 heterocycles. The Bertz CT molecular complexity index is 653. The molecule has 2 rings (SSSR count). The number of carbonyl (C=O) groups is 1. The van der Waals surface area contributed by atoms with Crippen LogP contribution in [0.1, 0.15) is 38.8 Å². The number of nitrogens with zero attached hydrogens (tertiary/aromatic N) is 1. The molecule has 0 spiro atoms. The molecular weight excluding hydrogens is 340 g/mol. The average Bonchev–Trinajstić information content (AvgIpc) is 2.76. The second-order valence-corrected chi connectivity index (χ2v) is 7.20. The predicted molar refractivity (Wildman–Crippen MR) is 86.2 cm³/mol. The average molecular weight is 362 g/mol. The fourth-order valence-electron chi connectivity index (χ4n) is 2.77. The van der Waals surface area contributed by atoms with Gasteiger partial charge in [0, 0.05) is 24.8 Å². The first-order valence-electron chi connectivity index (χ1n) is 8.01. The summed E-state index contributed by atoms with van der Waals surface area (Å²) in [7, 11) is 0. The molecule has 1 N–H and O–H groups in total. The van der Waals surface area contributed by atoms with Crippen LogP contribution in [-0.2, 0) is 17.3 Å². The van der Waals surface area contributed by atoms with Crippen LogP contribution in [0.15, 0.2) is 12.1 Å². The number of alkyl halides is 3. The number of hydrogen-bond acceptors (Lipinski definition) is 3. The lowest BCUT2D eigenvalue weighted by Crippen LogP contribution is -2.43. The lowest BCUT2D eigenvalue weighted by Gasteiger charge is -2.26. The summed E-state index contributed by atoms with van der Waals surface area (Å²) in [5.74, 6) is -1.26. The molecule has 0 aliphatic carbocycles. The van der Waals surface area contributed by atoms with Crippen molar-refractivity contribution in [2.45, 2.75) is 51.9 Å². The van der Waals surface area contributed by atoms with Crippen molar-refractivity contribution < 1.29 is 27.1 Å². The third-order valence-electron chi connectivity index (χ3n) is 3.72. The van der Waals surface area contributed by atoms with E-state index in [0.29, 0.717) is 30.8 Å². The lowest BCUT2D eigenvalue weighted by atomic mass is 10.1. The summed E-state index contributed by atoms with van der Waals surface area (Å²) in [6, 6.07) is 1.45. The summed E-state index contributed by atoms with van der Waals surface area (Å²) in [5, 5.41) is 2.65. The van der Waals surface area contributed by atoms with Crippen LogP contribution in [0.5, 0.6) is 0 Å². The molecule has 0 fully saturated rings. The van der Waals surface area contributed by atoms with E-state index < -0.39 is 29.3 Å². The highest BCUT2D eigenvalue weighted by Gasteiger charge is 2.36. The van der Waals surface area contributed by atoms with Gasteiger partial charge in [-0.1, -0.05) is 0 Å². The van der Waals surface area contributed by atoms with Gasteiger partial charge in [-0.3, -0.25) is 0 Å². The fourth-order valence-corrected chi connectivity index (χ4v) is 2.77. The van der Waals surface area contributed by atoms with E-state index in [0.717, 1.165) is 12.1 Å². The molecule has 25 heavy (non-hydrogen) atoms. The van der Waals surface area contributed by atoms with Crippen molar-refractivity contribution >= 4 is 11.8 Å². The van der Waals surface area contributed by atoms with Crippen LogP contribution in [0.4, 0.5) is 28.0 Å². The Morgan fingerprint density at radius 3 is 2.52 bits per heavy atom. The molecule has 0 bridgehead atoms. The summed E-state index contributed by atoms with van der Waals surface area (Å²) in [6.07, 6.45) is -4.87. The zero-order chi connectivity index (χ0) is 19.0. The topological polar surface area (TPSA) is 41.6 Å². The molecule has 1 aliphatic rings. The molecule has 1 amide bonds. The van der Waals surface area contributed by atoms with Gasteiger partial charge in [-0.2, -0.15) is 13.2 Å². The first-order valence-corrected chi connectivity index (χ1v) is 8.01. The van der Waals surface area contributed by atoms with E-state index in [9.17, 15) is 22.4 Å². The van der Waals surface area contributed by atoms with Gasteiger partial charge in [0.25, 0.3) is 0 Å². The second-order valence-electron chi connectivity index (χ2n) is 7.20. The molecule has 0 saturated carbocycles. The third kappa shape index (κ3) is 4.99. The quantitative estimate of drug-likeness (QED) is 0.823. The van der Waals surface area contributed by atoms with Crippen molar-refractivity contribution in [3.05, 3.63) is 29.1 Å². The van der Waals surface area contributed by atoms with E-state index in [1.165, 1.54) is 0 Å².